The van der Waals surface area contributed by atoms with Crippen LogP contribution in [0, 0.1) is 0 Å². The van der Waals surface area contributed by atoms with E-state index in [1.807, 2.05) is 30.3 Å². The molecule has 2 aliphatic rings. The molecule has 2 fully saturated rings. The third-order valence-corrected chi connectivity index (χ3v) is 5.21. The highest BCUT2D eigenvalue weighted by Crippen LogP contribution is 2.36. The molecule has 3 rings (SSSR count). The molecule has 2 saturated heterocycles. The zero-order valence-electron chi connectivity index (χ0n) is 13.3. The highest BCUT2D eigenvalue weighted by Gasteiger charge is 2.48. The summed E-state index contributed by atoms with van der Waals surface area (Å²) in [6.07, 6.45) is 0.415. The second kappa shape index (κ2) is 8.46. The molecule has 5 nitrogen and oxygen atoms in total. The van der Waals surface area contributed by atoms with Gasteiger partial charge in [0, 0.05) is 11.5 Å². The Balaban J connectivity index is 1.70. The maximum Gasteiger partial charge on any atom is 0.147 e. The van der Waals surface area contributed by atoms with Crippen LogP contribution in [0.15, 0.2) is 35.2 Å². The summed E-state index contributed by atoms with van der Waals surface area (Å²) in [4.78, 5) is 1.06. The first-order valence-corrected chi connectivity index (χ1v) is 9.03. The summed E-state index contributed by atoms with van der Waals surface area (Å²) in [5, 5.41) is 10.7. The lowest BCUT2D eigenvalue weighted by molar-refractivity contribution is -0.288. The van der Waals surface area contributed by atoms with Gasteiger partial charge in [-0.25, -0.2) is 0 Å². The Labute approximate surface area is 141 Å². The summed E-state index contributed by atoms with van der Waals surface area (Å²) in [6, 6.07) is 9.93. The molecule has 0 spiro atoms. The van der Waals surface area contributed by atoms with Crippen LogP contribution < -0.4 is 0 Å². The van der Waals surface area contributed by atoms with Crippen LogP contribution in [0.2, 0.25) is 0 Å². The minimum absolute atomic E-state index is 0.208. The van der Waals surface area contributed by atoms with Crippen molar-refractivity contribution in [2.75, 3.05) is 20.0 Å². The van der Waals surface area contributed by atoms with Crippen molar-refractivity contribution < 1.29 is 24.1 Å². The van der Waals surface area contributed by atoms with Crippen LogP contribution in [0.1, 0.15) is 19.8 Å². The number of unbranched alkanes of at least 4 members (excludes halogenated alkanes) is 1. The topological polar surface area (TPSA) is 57.2 Å². The van der Waals surface area contributed by atoms with Gasteiger partial charge < -0.3 is 24.1 Å². The van der Waals surface area contributed by atoms with E-state index in [4.69, 9.17) is 18.9 Å². The molecule has 0 radical (unpaired) electrons. The highest BCUT2D eigenvalue weighted by molar-refractivity contribution is 7.99. The van der Waals surface area contributed by atoms with Crippen molar-refractivity contribution in [1.82, 2.24) is 0 Å². The average molecular weight is 340 g/mol. The Morgan fingerprint density at radius 3 is 2.91 bits per heavy atom. The molecule has 0 aromatic heterocycles. The number of benzene rings is 1. The van der Waals surface area contributed by atoms with E-state index in [0.29, 0.717) is 13.2 Å². The van der Waals surface area contributed by atoms with E-state index in [1.54, 1.807) is 0 Å². The van der Waals surface area contributed by atoms with Gasteiger partial charge in [-0.3, -0.25) is 0 Å². The maximum absolute atomic E-state index is 10.7. The van der Waals surface area contributed by atoms with Gasteiger partial charge in [0.15, 0.2) is 0 Å². The lowest BCUT2D eigenvalue weighted by Crippen LogP contribution is -2.61. The monoisotopic (exact) mass is 340 g/mol. The minimum Gasteiger partial charge on any atom is -0.387 e. The van der Waals surface area contributed by atoms with E-state index in [1.165, 1.54) is 11.8 Å². The van der Waals surface area contributed by atoms with Crippen LogP contribution in [0.5, 0.6) is 0 Å². The number of thioether (sulfide) groups is 1. The van der Waals surface area contributed by atoms with E-state index < -0.39 is 11.5 Å². The summed E-state index contributed by atoms with van der Waals surface area (Å²) in [7, 11) is 0. The molecule has 6 heteroatoms. The van der Waals surface area contributed by atoms with Crippen molar-refractivity contribution in [3.05, 3.63) is 30.3 Å². The predicted molar refractivity (Wildman–Crippen MR) is 87.3 cm³/mol. The molecule has 1 aromatic rings. The third-order valence-electron chi connectivity index (χ3n) is 4.04. The number of ether oxygens (including phenoxy) is 4. The van der Waals surface area contributed by atoms with Crippen LogP contribution in [0.4, 0.5) is 0 Å². The Morgan fingerprint density at radius 1 is 1.30 bits per heavy atom. The summed E-state index contributed by atoms with van der Waals surface area (Å²) in [6.45, 7) is 3.43. The van der Waals surface area contributed by atoms with Gasteiger partial charge in [-0.05, 0) is 18.6 Å². The van der Waals surface area contributed by atoms with Gasteiger partial charge in [-0.1, -0.05) is 43.3 Å². The standard InChI is InChI=1S/C17H24O5S/c1-2-3-9-20-16-14(18)17(23-12-7-5-4-6-8-12)22-13-10-19-11-21-15(13)16/h4-8,13-18H,2-3,9-11H2,1H3/t13?,14-,15-,16?,17-/m0/s1. The SMILES string of the molecule is CCCCOC1[C@H]2OCOCC2O[C@@H](Sc2ccccc2)[C@H]1O. The molecule has 0 saturated carbocycles. The van der Waals surface area contributed by atoms with Crippen molar-refractivity contribution in [3.63, 3.8) is 0 Å². The Bertz CT molecular complexity index is 471. The molecular weight excluding hydrogens is 316 g/mol. The van der Waals surface area contributed by atoms with Crippen LogP contribution in [-0.4, -0.2) is 55.0 Å². The van der Waals surface area contributed by atoms with Crippen molar-refractivity contribution in [1.29, 1.82) is 0 Å². The van der Waals surface area contributed by atoms with Gasteiger partial charge >= 0.3 is 0 Å². The minimum atomic E-state index is -0.739. The number of hydrogen-bond donors (Lipinski definition) is 1. The van der Waals surface area contributed by atoms with Crippen molar-refractivity contribution in [3.8, 4) is 0 Å². The molecular formula is C17H24O5S. The summed E-state index contributed by atoms with van der Waals surface area (Å²) < 4.78 is 23.0. The van der Waals surface area contributed by atoms with Crippen molar-refractivity contribution >= 4 is 11.8 Å². The van der Waals surface area contributed by atoms with Crippen LogP contribution in [0.25, 0.3) is 0 Å². The first-order valence-electron chi connectivity index (χ1n) is 8.15. The Hall–Kier alpha value is -0.630. The second-order valence-corrected chi connectivity index (χ2v) is 6.95. The lowest BCUT2D eigenvalue weighted by Gasteiger charge is -2.45. The summed E-state index contributed by atoms with van der Waals surface area (Å²) in [5.74, 6) is 0. The molecule has 1 aromatic carbocycles. The highest BCUT2D eigenvalue weighted by atomic mass is 32.2. The predicted octanol–water partition coefficient (Wildman–Crippen LogP) is 2.42. The molecule has 2 unspecified atom stereocenters. The number of fused-ring (bicyclic) bond motifs is 1. The lowest BCUT2D eigenvalue weighted by atomic mass is 9.99. The first kappa shape index (κ1) is 17.2. The zero-order chi connectivity index (χ0) is 16.1. The van der Waals surface area contributed by atoms with E-state index in [0.717, 1.165) is 17.7 Å². The fourth-order valence-electron chi connectivity index (χ4n) is 2.81. The zero-order valence-corrected chi connectivity index (χ0v) is 14.1. The summed E-state index contributed by atoms with van der Waals surface area (Å²) >= 11 is 1.51. The quantitative estimate of drug-likeness (QED) is 0.803. The first-order chi connectivity index (χ1) is 11.3. The maximum atomic E-state index is 10.7. The normalized spacial score (nSPS) is 34.1. The fraction of sp³-hybridized carbons (Fsp3) is 0.647. The third kappa shape index (κ3) is 4.26. The molecule has 0 amide bonds. The van der Waals surface area contributed by atoms with Gasteiger partial charge in [0.25, 0.3) is 0 Å². The van der Waals surface area contributed by atoms with Crippen LogP contribution in [0.3, 0.4) is 0 Å². The molecule has 2 aliphatic heterocycles. The Kier molecular flexibility index (Phi) is 6.33. The van der Waals surface area contributed by atoms with E-state index >= 15 is 0 Å². The summed E-state index contributed by atoms with van der Waals surface area (Å²) in [5.41, 5.74) is -0.393. The molecule has 0 aliphatic carbocycles. The van der Waals surface area contributed by atoms with E-state index in [2.05, 4.69) is 6.92 Å². The smallest absolute Gasteiger partial charge is 0.147 e. The molecule has 2 heterocycles. The van der Waals surface area contributed by atoms with Crippen LogP contribution in [-0.2, 0) is 18.9 Å². The van der Waals surface area contributed by atoms with Gasteiger partial charge in [0.1, 0.15) is 36.6 Å². The van der Waals surface area contributed by atoms with E-state index in [9.17, 15) is 5.11 Å². The second-order valence-electron chi connectivity index (χ2n) is 5.77. The van der Waals surface area contributed by atoms with Gasteiger partial charge in [0.2, 0.25) is 0 Å². The molecule has 5 atom stereocenters. The van der Waals surface area contributed by atoms with Crippen molar-refractivity contribution in [2.45, 2.75) is 54.5 Å². The average Bonchev–Trinajstić information content (AvgIpc) is 2.59. The van der Waals surface area contributed by atoms with Crippen molar-refractivity contribution in [2.24, 2.45) is 0 Å². The number of hydrogen-bond acceptors (Lipinski definition) is 6. The van der Waals surface area contributed by atoms with Crippen LogP contribution >= 0.6 is 11.8 Å². The van der Waals surface area contributed by atoms with Gasteiger partial charge in [-0.15, -0.1) is 0 Å². The molecule has 128 valence electrons. The largest absolute Gasteiger partial charge is 0.387 e. The number of aliphatic hydroxyl groups excluding tert-OH is 1. The molecule has 0 bridgehead atoms. The number of rotatable bonds is 6. The van der Waals surface area contributed by atoms with Gasteiger partial charge in [-0.2, -0.15) is 0 Å². The Morgan fingerprint density at radius 2 is 2.13 bits per heavy atom. The van der Waals surface area contributed by atoms with Gasteiger partial charge in [0.05, 0.1) is 6.61 Å². The fourth-order valence-corrected chi connectivity index (χ4v) is 3.88. The number of aliphatic hydroxyl groups is 1. The molecule has 23 heavy (non-hydrogen) atoms. The molecule has 1 N–H and O–H groups in total. The van der Waals surface area contributed by atoms with E-state index in [-0.39, 0.29) is 25.1 Å².